The highest BCUT2D eigenvalue weighted by Gasteiger charge is 2.29. The number of piperidine rings is 1. The predicted octanol–water partition coefficient (Wildman–Crippen LogP) is 6.79. The number of carbonyl (C=O) groups excluding carboxylic acids is 1. The molecule has 3 aromatic heterocycles. The van der Waals surface area contributed by atoms with Crippen LogP contribution in [0.15, 0.2) is 42.9 Å². The molecule has 1 aliphatic heterocycles. The number of nitrogens with zero attached hydrogens (tertiary/aromatic N) is 5. The van der Waals surface area contributed by atoms with Gasteiger partial charge in [0, 0.05) is 30.8 Å². The molecule has 2 fully saturated rings. The Labute approximate surface area is 226 Å². The van der Waals surface area contributed by atoms with Crippen molar-refractivity contribution in [3.8, 4) is 11.3 Å². The molecule has 4 aromatic rings. The standard InChI is InChI=1S/C29H32ClN5OS/c1-29(2,3)22-14-20(18-6-7-18)13-21(15-22)25-26(30)37-28(33-25)19-8-11-34(12-9-19)24(36)16-35-17-32-23-5-4-10-31-27(23)35/h4-5,10,13-15,17-19H,6-9,11-12,16H2,1-3H3. The Morgan fingerprint density at radius 1 is 1.08 bits per heavy atom. The molecule has 8 heteroatoms. The maximum atomic E-state index is 13.0. The van der Waals surface area contributed by atoms with Crippen molar-refractivity contribution in [2.45, 2.75) is 70.3 Å². The Bertz CT molecular complexity index is 1460. The van der Waals surface area contributed by atoms with E-state index < -0.39 is 0 Å². The smallest absolute Gasteiger partial charge is 0.242 e. The normalized spacial score (nSPS) is 17.0. The Kier molecular flexibility index (Phi) is 6.32. The van der Waals surface area contributed by atoms with Gasteiger partial charge in [0.15, 0.2) is 5.65 Å². The van der Waals surface area contributed by atoms with Crippen molar-refractivity contribution in [3.05, 3.63) is 63.3 Å². The van der Waals surface area contributed by atoms with Crippen molar-refractivity contribution < 1.29 is 4.79 Å². The molecule has 0 atom stereocenters. The first-order chi connectivity index (χ1) is 17.8. The number of hydrogen-bond acceptors (Lipinski definition) is 5. The lowest BCUT2D eigenvalue weighted by atomic mass is 9.84. The Balaban J connectivity index is 1.16. The fourth-order valence-electron chi connectivity index (χ4n) is 5.18. The molecule has 1 saturated heterocycles. The van der Waals surface area contributed by atoms with Crippen LogP contribution < -0.4 is 0 Å². The zero-order chi connectivity index (χ0) is 25.7. The summed E-state index contributed by atoms with van der Waals surface area (Å²) in [4.78, 5) is 28.8. The number of aromatic nitrogens is 4. The Morgan fingerprint density at radius 3 is 2.59 bits per heavy atom. The highest BCUT2D eigenvalue weighted by Crippen LogP contribution is 2.45. The van der Waals surface area contributed by atoms with Crippen LogP contribution in [0.5, 0.6) is 0 Å². The quantitative estimate of drug-likeness (QED) is 0.283. The van der Waals surface area contributed by atoms with E-state index in [1.54, 1.807) is 23.9 Å². The summed E-state index contributed by atoms with van der Waals surface area (Å²) >= 11 is 8.40. The van der Waals surface area contributed by atoms with Gasteiger partial charge in [0.1, 0.15) is 22.1 Å². The Hall–Kier alpha value is -2.77. The number of fused-ring (bicyclic) bond motifs is 1. The molecular formula is C29H32ClN5OS. The summed E-state index contributed by atoms with van der Waals surface area (Å²) in [6, 6.07) is 10.7. The first-order valence-electron chi connectivity index (χ1n) is 13.1. The summed E-state index contributed by atoms with van der Waals surface area (Å²) in [6.07, 6.45) is 7.77. The molecule has 192 valence electrons. The van der Waals surface area contributed by atoms with Crippen LogP contribution in [-0.4, -0.2) is 43.4 Å². The van der Waals surface area contributed by atoms with E-state index in [0.717, 1.165) is 57.7 Å². The van der Waals surface area contributed by atoms with Gasteiger partial charge in [-0.1, -0.05) is 38.4 Å². The summed E-state index contributed by atoms with van der Waals surface area (Å²) < 4.78 is 2.60. The van der Waals surface area contributed by atoms with Crippen LogP contribution in [0.2, 0.25) is 4.34 Å². The zero-order valence-corrected chi connectivity index (χ0v) is 23.1. The molecule has 1 aliphatic carbocycles. The average Bonchev–Trinajstić information content (AvgIpc) is 3.56. The van der Waals surface area contributed by atoms with Gasteiger partial charge in [-0.3, -0.25) is 4.79 Å². The van der Waals surface area contributed by atoms with Crippen molar-refractivity contribution in [1.29, 1.82) is 0 Å². The number of pyridine rings is 1. The van der Waals surface area contributed by atoms with Gasteiger partial charge >= 0.3 is 0 Å². The van der Waals surface area contributed by atoms with E-state index in [0.29, 0.717) is 11.8 Å². The summed E-state index contributed by atoms with van der Waals surface area (Å²) in [6.45, 7) is 8.49. The summed E-state index contributed by atoms with van der Waals surface area (Å²) in [5.41, 5.74) is 6.43. The van der Waals surface area contributed by atoms with Crippen LogP contribution in [0.1, 0.15) is 74.4 Å². The predicted molar refractivity (Wildman–Crippen MR) is 149 cm³/mol. The van der Waals surface area contributed by atoms with E-state index in [1.165, 1.54) is 24.0 Å². The van der Waals surface area contributed by atoms with Gasteiger partial charge < -0.3 is 9.47 Å². The largest absolute Gasteiger partial charge is 0.341 e. The molecule has 1 amide bonds. The topological polar surface area (TPSA) is 63.9 Å². The molecule has 0 spiro atoms. The second kappa shape index (κ2) is 9.52. The molecule has 6 rings (SSSR count). The van der Waals surface area contributed by atoms with E-state index in [4.69, 9.17) is 16.6 Å². The van der Waals surface area contributed by atoms with E-state index in [1.807, 2.05) is 21.6 Å². The average molecular weight is 534 g/mol. The van der Waals surface area contributed by atoms with Crippen LogP contribution in [0.25, 0.3) is 22.4 Å². The number of likely N-dealkylation sites (tertiary alicyclic amines) is 1. The monoisotopic (exact) mass is 533 g/mol. The summed E-state index contributed by atoms with van der Waals surface area (Å²) in [5, 5.41) is 1.09. The summed E-state index contributed by atoms with van der Waals surface area (Å²) in [7, 11) is 0. The second-order valence-electron chi connectivity index (χ2n) is 11.4. The van der Waals surface area contributed by atoms with Crippen molar-refractivity contribution in [2.24, 2.45) is 0 Å². The number of hydrogen-bond donors (Lipinski definition) is 0. The van der Waals surface area contributed by atoms with Crippen LogP contribution in [-0.2, 0) is 16.8 Å². The minimum Gasteiger partial charge on any atom is -0.341 e. The van der Waals surface area contributed by atoms with Gasteiger partial charge in [0.05, 0.1) is 11.3 Å². The first kappa shape index (κ1) is 24.6. The highest BCUT2D eigenvalue weighted by molar-refractivity contribution is 7.16. The third kappa shape index (κ3) is 5.04. The SMILES string of the molecule is CC(C)(C)c1cc(-c2nc(C3CCN(C(=O)Cn4cnc5cccnc54)CC3)sc2Cl)cc(C2CC2)c1. The fraction of sp³-hybridized carbons (Fsp3) is 0.448. The molecule has 37 heavy (non-hydrogen) atoms. The molecule has 6 nitrogen and oxygen atoms in total. The zero-order valence-electron chi connectivity index (χ0n) is 21.6. The lowest BCUT2D eigenvalue weighted by Gasteiger charge is -2.31. The van der Waals surface area contributed by atoms with Gasteiger partial charge in [0.25, 0.3) is 0 Å². The number of imidazole rings is 1. The van der Waals surface area contributed by atoms with Crippen molar-refractivity contribution in [1.82, 2.24) is 24.4 Å². The molecule has 1 aromatic carbocycles. The van der Waals surface area contributed by atoms with Gasteiger partial charge in [-0.25, -0.2) is 15.0 Å². The lowest BCUT2D eigenvalue weighted by Crippen LogP contribution is -2.39. The minimum atomic E-state index is 0.0728. The first-order valence-corrected chi connectivity index (χ1v) is 14.3. The molecule has 0 unspecified atom stereocenters. The molecule has 0 bridgehead atoms. The summed E-state index contributed by atoms with van der Waals surface area (Å²) in [5.74, 6) is 1.11. The number of carbonyl (C=O) groups is 1. The number of benzene rings is 1. The maximum Gasteiger partial charge on any atom is 0.242 e. The van der Waals surface area contributed by atoms with Gasteiger partial charge in [-0.05, 0) is 72.4 Å². The second-order valence-corrected chi connectivity index (χ2v) is 13.0. The number of amides is 1. The molecule has 0 N–H and O–H groups in total. The van der Waals surface area contributed by atoms with Gasteiger partial charge in [-0.15, -0.1) is 11.3 Å². The van der Waals surface area contributed by atoms with Crippen molar-refractivity contribution >= 4 is 40.0 Å². The minimum absolute atomic E-state index is 0.0728. The van der Waals surface area contributed by atoms with Crippen LogP contribution in [0.3, 0.4) is 0 Å². The van der Waals surface area contributed by atoms with Crippen LogP contribution in [0, 0.1) is 0 Å². The molecule has 1 saturated carbocycles. The molecule has 0 radical (unpaired) electrons. The number of thiazole rings is 1. The van der Waals surface area contributed by atoms with Gasteiger partial charge in [0.2, 0.25) is 5.91 Å². The Morgan fingerprint density at radius 2 is 1.86 bits per heavy atom. The van der Waals surface area contributed by atoms with E-state index in [2.05, 4.69) is 48.9 Å². The maximum absolute atomic E-state index is 13.0. The van der Waals surface area contributed by atoms with Crippen molar-refractivity contribution in [2.75, 3.05) is 13.1 Å². The fourth-order valence-corrected chi connectivity index (χ4v) is 6.55. The number of halogens is 1. The number of rotatable bonds is 5. The van der Waals surface area contributed by atoms with Crippen LogP contribution >= 0.6 is 22.9 Å². The van der Waals surface area contributed by atoms with Crippen molar-refractivity contribution in [3.63, 3.8) is 0 Å². The van der Waals surface area contributed by atoms with E-state index in [9.17, 15) is 4.79 Å². The van der Waals surface area contributed by atoms with E-state index in [-0.39, 0.29) is 17.9 Å². The molecular weight excluding hydrogens is 502 g/mol. The van der Waals surface area contributed by atoms with Gasteiger partial charge in [-0.2, -0.15) is 0 Å². The third-order valence-electron chi connectivity index (χ3n) is 7.62. The lowest BCUT2D eigenvalue weighted by molar-refractivity contribution is -0.132. The van der Waals surface area contributed by atoms with Crippen LogP contribution in [0.4, 0.5) is 0 Å². The molecule has 4 heterocycles. The van der Waals surface area contributed by atoms with E-state index >= 15 is 0 Å². The molecule has 2 aliphatic rings. The third-order valence-corrected chi connectivity index (χ3v) is 9.04. The highest BCUT2D eigenvalue weighted by atomic mass is 35.5.